The van der Waals surface area contributed by atoms with Crippen LogP contribution in [0.4, 0.5) is 15.3 Å². The lowest BCUT2D eigenvalue weighted by atomic mass is 9.92. The van der Waals surface area contributed by atoms with Crippen LogP contribution in [0.2, 0.25) is 0 Å². The number of thiazole rings is 1. The van der Waals surface area contributed by atoms with Crippen LogP contribution in [0.25, 0.3) is 0 Å². The third-order valence-corrected chi connectivity index (χ3v) is 14.5. The number of sulfonamides is 1. The third-order valence-electron chi connectivity index (χ3n) is 12.3. The quantitative estimate of drug-likeness (QED) is 0.0625. The number of likely N-dealkylation sites (tertiary alicyclic amines) is 1. The van der Waals surface area contributed by atoms with Crippen LogP contribution < -0.4 is 37.0 Å². The minimum Gasteiger partial charge on any atom is -0.444 e. The van der Waals surface area contributed by atoms with Crippen LogP contribution >= 0.6 is 11.3 Å². The first-order valence-electron chi connectivity index (χ1n) is 24.8. The molecule has 2 heterocycles. The molecule has 2 aromatic rings. The van der Waals surface area contributed by atoms with E-state index < -0.39 is 81.4 Å². The highest BCUT2D eigenvalue weighted by Crippen LogP contribution is 2.31. The van der Waals surface area contributed by atoms with E-state index in [9.17, 15) is 42.0 Å². The zero-order valence-corrected chi connectivity index (χ0v) is 45.7. The lowest BCUT2D eigenvalue weighted by Gasteiger charge is -2.38. The van der Waals surface area contributed by atoms with Gasteiger partial charge in [0, 0.05) is 43.7 Å². The van der Waals surface area contributed by atoms with Crippen molar-refractivity contribution in [3.8, 4) is 0 Å². The highest BCUT2D eigenvalue weighted by atomic mass is 32.2. The summed E-state index contributed by atoms with van der Waals surface area (Å²) < 4.78 is 40.5. The fraction of sp³-hybridized carbons (Fsp3) is 0.673. The highest BCUT2D eigenvalue weighted by Gasteiger charge is 2.37. The number of anilines is 1. The number of nitrogens with zero attached hydrogens (tertiary/aromatic N) is 3. The van der Waals surface area contributed by atoms with Gasteiger partial charge < -0.3 is 46.7 Å². The Morgan fingerprint density at radius 3 is 2.25 bits per heavy atom. The number of benzene rings is 1. The Morgan fingerprint density at radius 2 is 1.65 bits per heavy atom. The fourth-order valence-corrected chi connectivity index (χ4v) is 10.2. The van der Waals surface area contributed by atoms with Crippen LogP contribution in [0.1, 0.15) is 141 Å². The average Bonchev–Trinajstić information content (AvgIpc) is 3.79. The van der Waals surface area contributed by atoms with Crippen molar-refractivity contribution in [3.63, 3.8) is 0 Å². The summed E-state index contributed by atoms with van der Waals surface area (Å²) in [6, 6.07) is 1.53. The Bertz CT molecular complexity index is 2270. The van der Waals surface area contributed by atoms with E-state index in [2.05, 4.69) is 36.3 Å². The molecular weight excluding hydrogens is 969 g/mol. The van der Waals surface area contributed by atoms with Crippen LogP contribution in [-0.2, 0) is 44.4 Å². The van der Waals surface area contributed by atoms with E-state index in [1.54, 1.807) is 46.6 Å². The van der Waals surface area contributed by atoms with E-state index >= 15 is 0 Å². The lowest BCUT2D eigenvalue weighted by Crippen LogP contribution is -2.58. The van der Waals surface area contributed by atoms with Crippen LogP contribution in [0.15, 0.2) is 29.6 Å². The van der Waals surface area contributed by atoms with E-state index in [1.807, 2.05) is 46.6 Å². The number of hydrogen-bond acceptors (Lipinski definition) is 14. The van der Waals surface area contributed by atoms with Gasteiger partial charge in [-0.3, -0.25) is 28.9 Å². The summed E-state index contributed by atoms with van der Waals surface area (Å²) in [7, 11) is -0.677. The Hall–Kier alpha value is -5.39. The summed E-state index contributed by atoms with van der Waals surface area (Å²) in [6.07, 6.45) is 2.48. The number of nitrogens with one attached hydrogen (secondary N) is 6. The van der Waals surface area contributed by atoms with Gasteiger partial charge in [-0.1, -0.05) is 66.5 Å². The highest BCUT2D eigenvalue weighted by molar-refractivity contribution is 7.89. The SMILES string of the molecule is CCO[C@H](C[C@H](C(C)C)N(C)C(=O)[C@@H](NC(=O)[C@H]1CCCCN1C)[C@@H](C)CC)c1nc(C(=O)NS(=O)(=O)Cc2cccc(NC(=O)[C@H](CCCNC(N)=O)NC(=O)[C@@H](NC(=O)OC(C)(C)C)C(C)C)c2)cs1. The molecule has 404 valence electrons. The Kier molecular flexibility index (Phi) is 23.8. The van der Waals surface area contributed by atoms with Gasteiger partial charge in [-0.2, -0.15) is 0 Å². The Balaban J connectivity index is 1.74. The molecule has 0 unspecified atom stereocenters. The van der Waals surface area contributed by atoms with Gasteiger partial charge in [-0.25, -0.2) is 27.7 Å². The number of hydrogen-bond donors (Lipinski definition) is 7. The van der Waals surface area contributed by atoms with Crippen molar-refractivity contribution < 1.29 is 51.5 Å². The normalized spacial score (nSPS) is 16.8. The van der Waals surface area contributed by atoms with Gasteiger partial charge in [0.05, 0.1) is 11.8 Å². The monoisotopic (exact) mass is 1050 g/mol. The number of ether oxygens (including phenoxy) is 2. The standard InChI is InChI=1S/C49H80N10O11S2/c1-13-31(7)40(55-43(62)36-22-15-16-24-58(36)11)46(64)59(12)37(29(3)4)26-38(69-14-2)45-54-35(27-71-45)42(61)57-72(67,68)28-32-19-17-20-33(25-32)52-41(60)34(21-18-23-51-47(50)65)53-44(63)39(30(5)6)56-48(66)70-49(8,9)10/h17,19-20,25,27,29-31,34,36-40H,13-16,18,21-24,26,28H2,1-12H3,(H,52,60)(H,53,63)(H,55,62)(H,56,66)(H,57,61)(H3,50,51,65)/t31-,34-,36+,37+,38+,39-,40-/m0/s1. The maximum absolute atomic E-state index is 14.3. The number of urea groups is 1. The average molecular weight is 1050 g/mol. The minimum atomic E-state index is -4.33. The second kappa shape index (κ2) is 28.2. The molecule has 1 aliphatic heterocycles. The zero-order valence-electron chi connectivity index (χ0n) is 44.1. The predicted octanol–water partition coefficient (Wildman–Crippen LogP) is 4.79. The molecule has 8 N–H and O–H groups in total. The van der Waals surface area contributed by atoms with E-state index in [-0.39, 0.29) is 78.7 Å². The number of carbonyl (C=O) groups is 7. The molecule has 1 fully saturated rings. The fourth-order valence-electron chi connectivity index (χ4n) is 8.23. The van der Waals surface area contributed by atoms with E-state index in [4.69, 9.17) is 15.2 Å². The molecule has 1 aromatic heterocycles. The van der Waals surface area contributed by atoms with Crippen LogP contribution in [0.5, 0.6) is 0 Å². The van der Waals surface area contributed by atoms with Gasteiger partial charge in [-0.15, -0.1) is 11.3 Å². The van der Waals surface area contributed by atoms with Crippen molar-refractivity contribution in [2.75, 3.05) is 39.1 Å². The zero-order chi connectivity index (χ0) is 54.1. The number of primary amides is 1. The molecular formula is C49H80N10O11S2. The van der Waals surface area contributed by atoms with Gasteiger partial charge in [0.25, 0.3) is 5.91 Å². The second-order valence-electron chi connectivity index (χ2n) is 20.1. The number of likely N-dealkylation sites (N-methyl/N-ethyl adjacent to an activating group) is 2. The van der Waals surface area contributed by atoms with Gasteiger partial charge in [0.15, 0.2) is 0 Å². The molecule has 72 heavy (non-hydrogen) atoms. The molecule has 0 radical (unpaired) electrons. The molecule has 0 bridgehead atoms. The molecule has 8 amide bonds. The number of piperidine rings is 1. The summed E-state index contributed by atoms with van der Waals surface area (Å²) in [5.41, 5.74) is 4.61. The second-order valence-corrected chi connectivity index (χ2v) is 22.7. The summed E-state index contributed by atoms with van der Waals surface area (Å²) in [5, 5.41) is 15.3. The molecule has 0 aliphatic carbocycles. The molecule has 3 rings (SSSR count). The molecule has 7 atom stereocenters. The number of rotatable bonds is 26. The van der Waals surface area contributed by atoms with Crippen LogP contribution in [0, 0.1) is 17.8 Å². The number of alkyl carbamates (subject to hydrolysis) is 1. The van der Waals surface area contributed by atoms with E-state index in [0.29, 0.717) is 17.8 Å². The van der Waals surface area contributed by atoms with Crippen molar-refractivity contribution in [1.29, 1.82) is 0 Å². The first-order chi connectivity index (χ1) is 33.7. The topological polar surface area (TPSA) is 290 Å². The van der Waals surface area contributed by atoms with Gasteiger partial charge in [0.1, 0.15) is 40.5 Å². The largest absolute Gasteiger partial charge is 0.444 e. The smallest absolute Gasteiger partial charge is 0.408 e. The molecule has 23 heteroatoms. The molecule has 0 spiro atoms. The Labute approximate surface area is 429 Å². The van der Waals surface area contributed by atoms with Crippen molar-refractivity contribution in [1.82, 2.24) is 40.8 Å². The number of carbonyl (C=O) groups excluding carboxylic acids is 7. The van der Waals surface area contributed by atoms with Gasteiger partial charge in [0.2, 0.25) is 33.7 Å². The van der Waals surface area contributed by atoms with Crippen molar-refractivity contribution in [2.45, 2.75) is 162 Å². The number of nitrogens with two attached hydrogens (primary N) is 1. The van der Waals surface area contributed by atoms with Crippen LogP contribution in [-0.4, -0.2) is 134 Å². The van der Waals surface area contributed by atoms with Crippen molar-refractivity contribution in [3.05, 3.63) is 45.9 Å². The summed E-state index contributed by atoms with van der Waals surface area (Å²) >= 11 is 1.13. The first-order valence-corrected chi connectivity index (χ1v) is 27.3. The third kappa shape index (κ3) is 19.6. The van der Waals surface area contributed by atoms with Crippen molar-refractivity contribution >= 4 is 68.7 Å². The maximum atomic E-state index is 14.3. The molecule has 21 nitrogen and oxygen atoms in total. The molecule has 1 saturated heterocycles. The van der Waals surface area contributed by atoms with E-state index in [0.717, 1.165) is 37.1 Å². The predicted molar refractivity (Wildman–Crippen MR) is 276 cm³/mol. The minimum absolute atomic E-state index is 0.0454. The Morgan fingerprint density at radius 1 is 0.958 bits per heavy atom. The summed E-state index contributed by atoms with van der Waals surface area (Å²) in [4.78, 5) is 101. The summed E-state index contributed by atoms with van der Waals surface area (Å²) in [5.74, 6) is -3.90. The molecule has 1 aromatic carbocycles. The number of amides is 8. The van der Waals surface area contributed by atoms with E-state index in [1.165, 1.54) is 29.6 Å². The maximum Gasteiger partial charge on any atom is 0.408 e. The molecule has 0 saturated carbocycles. The van der Waals surface area contributed by atoms with Gasteiger partial charge in [-0.05, 0) is 102 Å². The first kappa shape index (κ1) is 60.9. The molecule has 1 aliphatic rings. The summed E-state index contributed by atoms with van der Waals surface area (Å²) in [6.45, 7) is 19.4. The van der Waals surface area contributed by atoms with Gasteiger partial charge >= 0.3 is 12.1 Å². The van der Waals surface area contributed by atoms with Crippen molar-refractivity contribution in [2.24, 2.45) is 23.5 Å². The number of aromatic nitrogens is 1. The lowest BCUT2D eigenvalue weighted by molar-refractivity contribution is -0.141. The van der Waals surface area contributed by atoms with Crippen LogP contribution in [0.3, 0.4) is 0 Å².